The van der Waals surface area contributed by atoms with Crippen molar-refractivity contribution in [3.8, 4) is 0 Å². The minimum Gasteiger partial charge on any atom is -0.314 e. The number of thioether (sulfide) groups is 1. The molecule has 1 aliphatic rings. The summed E-state index contributed by atoms with van der Waals surface area (Å²) in [6.07, 6.45) is 6.09. The monoisotopic (exact) mass is 267 g/mol. The lowest BCUT2D eigenvalue weighted by Gasteiger charge is -2.29. The zero-order chi connectivity index (χ0) is 12.8. The molecular weight excluding hydrogens is 245 g/mol. The van der Waals surface area contributed by atoms with Gasteiger partial charge in [0.15, 0.2) is 0 Å². The van der Waals surface area contributed by atoms with Crippen LogP contribution in [0.3, 0.4) is 0 Å². The van der Waals surface area contributed by atoms with E-state index in [9.17, 15) is 4.39 Å². The van der Waals surface area contributed by atoms with E-state index >= 15 is 0 Å². The second kappa shape index (κ2) is 7.15. The van der Waals surface area contributed by atoms with Gasteiger partial charge in [-0.2, -0.15) is 0 Å². The molecule has 1 aromatic carbocycles. The molecule has 0 aromatic heterocycles. The molecule has 1 saturated carbocycles. The maximum absolute atomic E-state index is 13.6. The van der Waals surface area contributed by atoms with E-state index < -0.39 is 0 Å². The van der Waals surface area contributed by atoms with Crippen molar-refractivity contribution in [3.05, 3.63) is 30.1 Å². The Morgan fingerprint density at radius 3 is 2.94 bits per heavy atom. The van der Waals surface area contributed by atoms with E-state index in [1.807, 2.05) is 12.1 Å². The molecule has 0 bridgehead atoms. The number of benzene rings is 1. The summed E-state index contributed by atoms with van der Waals surface area (Å²) in [4.78, 5) is 0.804. The zero-order valence-corrected chi connectivity index (χ0v) is 11.8. The highest BCUT2D eigenvalue weighted by molar-refractivity contribution is 8.00. The number of hydrogen-bond donors (Lipinski definition) is 1. The first kappa shape index (κ1) is 13.9. The van der Waals surface area contributed by atoms with Gasteiger partial charge in [-0.05, 0) is 44.4 Å². The molecule has 2 rings (SSSR count). The Morgan fingerprint density at radius 1 is 1.33 bits per heavy atom. The lowest BCUT2D eigenvalue weighted by atomic mass is 9.95. The first-order valence-corrected chi connectivity index (χ1v) is 7.82. The second-order valence-electron chi connectivity index (χ2n) is 4.99. The van der Waals surface area contributed by atoms with Gasteiger partial charge >= 0.3 is 0 Å². The Labute approximate surface area is 114 Å². The summed E-state index contributed by atoms with van der Waals surface area (Å²) in [6, 6.07) is 7.75. The van der Waals surface area contributed by atoms with Gasteiger partial charge in [0.2, 0.25) is 0 Å². The third kappa shape index (κ3) is 3.99. The molecule has 1 N–H and O–H groups in total. The van der Waals surface area contributed by atoms with Gasteiger partial charge in [-0.1, -0.05) is 25.5 Å². The largest absolute Gasteiger partial charge is 0.314 e. The summed E-state index contributed by atoms with van der Waals surface area (Å²) < 4.78 is 13.6. The Kier molecular flexibility index (Phi) is 5.51. The first-order valence-electron chi connectivity index (χ1n) is 6.94. The fraction of sp³-hybridized carbons (Fsp3) is 0.600. The Hall–Kier alpha value is -0.540. The smallest absolute Gasteiger partial charge is 0.136 e. The minimum atomic E-state index is -0.0776. The van der Waals surface area contributed by atoms with Crippen molar-refractivity contribution in [2.45, 2.75) is 55.2 Å². The van der Waals surface area contributed by atoms with Crippen LogP contribution in [0.1, 0.15) is 39.0 Å². The molecule has 0 saturated heterocycles. The fourth-order valence-electron chi connectivity index (χ4n) is 2.51. The molecule has 0 amide bonds. The van der Waals surface area contributed by atoms with Crippen molar-refractivity contribution < 1.29 is 4.39 Å². The van der Waals surface area contributed by atoms with Crippen molar-refractivity contribution in [3.63, 3.8) is 0 Å². The van der Waals surface area contributed by atoms with E-state index in [1.54, 1.807) is 23.9 Å². The summed E-state index contributed by atoms with van der Waals surface area (Å²) >= 11 is 1.71. The molecule has 0 radical (unpaired) electrons. The lowest BCUT2D eigenvalue weighted by molar-refractivity contribution is 0.381. The Morgan fingerprint density at radius 2 is 2.17 bits per heavy atom. The van der Waals surface area contributed by atoms with Crippen LogP contribution in [-0.2, 0) is 0 Å². The van der Waals surface area contributed by atoms with Crippen LogP contribution < -0.4 is 5.32 Å². The van der Waals surface area contributed by atoms with Crippen LogP contribution in [0, 0.1) is 5.82 Å². The minimum absolute atomic E-state index is 0.0776. The fourth-order valence-corrected chi connectivity index (χ4v) is 3.82. The molecule has 3 heteroatoms. The predicted octanol–water partition coefficient (Wildman–Crippen LogP) is 4.23. The maximum Gasteiger partial charge on any atom is 0.136 e. The van der Waals surface area contributed by atoms with Gasteiger partial charge in [-0.25, -0.2) is 4.39 Å². The molecular formula is C15H22FNS. The van der Waals surface area contributed by atoms with Crippen molar-refractivity contribution in [1.29, 1.82) is 0 Å². The maximum atomic E-state index is 13.6. The van der Waals surface area contributed by atoms with E-state index in [2.05, 4.69) is 12.2 Å². The Bertz CT molecular complexity index is 369. The average molecular weight is 267 g/mol. The second-order valence-corrected chi connectivity index (χ2v) is 6.33. The summed E-state index contributed by atoms with van der Waals surface area (Å²) in [5.74, 6) is -0.0776. The third-order valence-electron chi connectivity index (χ3n) is 3.44. The third-order valence-corrected chi connectivity index (χ3v) is 4.79. The first-order chi connectivity index (χ1) is 8.79. The predicted molar refractivity (Wildman–Crippen MR) is 76.6 cm³/mol. The molecule has 1 aromatic rings. The highest BCUT2D eigenvalue weighted by atomic mass is 32.2. The molecule has 1 nitrogen and oxygen atoms in total. The number of halogens is 1. The van der Waals surface area contributed by atoms with Crippen LogP contribution >= 0.6 is 11.8 Å². The molecule has 100 valence electrons. The van der Waals surface area contributed by atoms with E-state index in [1.165, 1.54) is 32.1 Å². The van der Waals surface area contributed by atoms with Gasteiger partial charge in [0.25, 0.3) is 0 Å². The normalized spacial score (nSPS) is 24.1. The van der Waals surface area contributed by atoms with Crippen molar-refractivity contribution in [1.82, 2.24) is 5.32 Å². The van der Waals surface area contributed by atoms with Crippen LogP contribution in [0.25, 0.3) is 0 Å². The van der Waals surface area contributed by atoms with Crippen molar-refractivity contribution in [2.75, 3.05) is 6.54 Å². The van der Waals surface area contributed by atoms with Crippen molar-refractivity contribution in [2.24, 2.45) is 0 Å². The average Bonchev–Trinajstić information content (AvgIpc) is 2.40. The molecule has 2 unspecified atom stereocenters. The van der Waals surface area contributed by atoms with E-state index in [-0.39, 0.29) is 5.82 Å². The van der Waals surface area contributed by atoms with Gasteiger partial charge in [0, 0.05) is 16.2 Å². The molecule has 1 aliphatic carbocycles. The summed E-state index contributed by atoms with van der Waals surface area (Å²) in [7, 11) is 0. The molecule has 0 aliphatic heterocycles. The van der Waals surface area contributed by atoms with Gasteiger partial charge < -0.3 is 5.32 Å². The number of nitrogens with one attached hydrogen (secondary N) is 1. The van der Waals surface area contributed by atoms with Crippen molar-refractivity contribution >= 4 is 11.8 Å². The molecule has 1 fully saturated rings. The van der Waals surface area contributed by atoms with Crippen LogP contribution in [0.4, 0.5) is 4.39 Å². The van der Waals surface area contributed by atoms with Gasteiger partial charge in [-0.3, -0.25) is 0 Å². The lowest BCUT2D eigenvalue weighted by Crippen LogP contribution is -2.35. The number of rotatable bonds is 5. The zero-order valence-electron chi connectivity index (χ0n) is 11.0. The van der Waals surface area contributed by atoms with Crippen LogP contribution in [-0.4, -0.2) is 17.8 Å². The highest BCUT2D eigenvalue weighted by Gasteiger charge is 2.22. The van der Waals surface area contributed by atoms with E-state index in [0.29, 0.717) is 11.3 Å². The molecule has 0 heterocycles. The quantitative estimate of drug-likeness (QED) is 0.857. The van der Waals surface area contributed by atoms with E-state index in [0.717, 1.165) is 11.4 Å². The van der Waals surface area contributed by atoms with E-state index in [4.69, 9.17) is 0 Å². The summed E-state index contributed by atoms with van der Waals surface area (Å²) in [6.45, 7) is 3.29. The summed E-state index contributed by atoms with van der Waals surface area (Å²) in [5.41, 5.74) is 0. The number of hydrogen-bond acceptors (Lipinski definition) is 2. The highest BCUT2D eigenvalue weighted by Crippen LogP contribution is 2.34. The van der Waals surface area contributed by atoms with Crippen LogP contribution in [0.15, 0.2) is 29.2 Å². The standard InChI is InChI=1S/C15H22FNS/c1-2-10-17-12-6-5-7-13(11-12)18-15-9-4-3-8-14(15)16/h3-4,8-9,12-13,17H,2,5-7,10-11H2,1H3. The van der Waals surface area contributed by atoms with Gasteiger partial charge in [-0.15, -0.1) is 11.8 Å². The Balaban J connectivity index is 1.87. The molecule has 0 spiro atoms. The van der Waals surface area contributed by atoms with Gasteiger partial charge in [0.05, 0.1) is 0 Å². The van der Waals surface area contributed by atoms with Crippen LogP contribution in [0.2, 0.25) is 0 Å². The molecule has 2 atom stereocenters. The topological polar surface area (TPSA) is 12.0 Å². The molecule has 18 heavy (non-hydrogen) atoms. The van der Waals surface area contributed by atoms with Crippen LogP contribution in [0.5, 0.6) is 0 Å². The van der Waals surface area contributed by atoms with Gasteiger partial charge in [0.1, 0.15) is 5.82 Å². The SMILES string of the molecule is CCCNC1CCCC(Sc2ccccc2F)C1. The summed E-state index contributed by atoms with van der Waals surface area (Å²) in [5, 5.41) is 4.15.